The number of halogens is 1. The van der Waals surface area contributed by atoms with Crippen molar-refractivity contribution < 1.29 is 9.53 Å². The summed E-state index contributed by atoms with van der Waals surface area (Å²) in [6.45, 7) is 5.32. The van der Waals surface area contributed by atoms with Crippen molar-refractivity contribution in [3.8, 4) is 0 Å². The second-order valence-electron chi connectivity index (χ2n) is 5.78. The highest BCUT2D eigenvalue weighted by molar-refractivity contribution is 9.10. The summed E-state index contributed by atoms with van der Waals surface area (Å²) in [7, 11) is 0. The van der Waals surface area contributed by atoms with Gasteiger partial charge in [-0.15, -0.1) is 0 Å². The zero-order valence-corrected chi connectivity index (χ0v) is 14.4. The zero-order chi connectivity index (χ0) is 15.2. The molecule has 0 saturated heterocycles. The van der Waals surface area contributed by atoms with Gasteiger partial charge in [-0.3, -0.25) is 4.79 Å². The Labute approximate surface area is 135 Å². The smallest absolute Gasteiger partial charge is 0.308 e. The highest BCUT2D eigenvalue weighted by atomic mass is 79.9. The van der Waals surface area contributed by atoms with Crippen molar-refractivity contribution in [2.24, 2.45) is 5.92 Å². The molecule has 1 N–H and O–H groups in total. The Hall–Kier alpha value is -0.870. The van der Waals surface area contributed by atoms with Crippen LogP contribution in [0.4, 0.5) is 0 Å². The van der Waals surface area contributed by atoms with Crippen molar-refractivity contribution in [1.29, 1.82) is 0 Å². The molecule has 0 spiro atoms. The first kappa shape index (κ1) is 16.5. The van der Waals surface area contributed by atoms with E-state index in [1.807, 2.05) is 6.92 Å². The van der Waals surface area contributed by atoms with Gasteiger partial charge in [-0.1, -0.05) is 28.1 Å². The van der Waals surface area contributed by atoms with Gasteiger partial charge in [0.15, 0.2) is 0 Å². The number of carbonyl (C=O) groups excluding carboxylic acids is 1. The average Bonchev–Trinajstić information content (AvgIpc) is 2.47. The van der Waals surface area contributed by atoms with Crippen LogP contribution in [0.1, 0.15) is 43.7 Å². The lowest BCUT2D eigenvalue weighted by Crippen LogP contribution is -2.35. The zero-order valence-electron chi connectivity index (χ0n) is 12.8. The molecular formula is C17H24BrNO2. The van der Waals surface area contributed by atoms with Gasteiger partial charge in [0.1, 0.15) is 0 Å². The van der Waals surface area contributed by atoms with Crippen LogP contribution < -0.4 is 5.32 Å². The lowest BCUT2D eigenvalue weighted by Gasteiger charge is -2.28. The fourth-order valence-corrected chi connectivity index (χ4v) is 3.48. The third kappa shape index (κ3) is 4.82. The lowest BCUT2D eigenvalue weighted by molar-refractivity contribution is -0.149. The first-order chi connectivity index (χ1) is 10.1. The molecule has 0 aromatic heterocycles. The Morgan fingerprint density at radius 1 is 1.33 bits per heavy atom. The molecule has 21 heavy (non-hydrogen) atoms. The van der Waals surface area contributed by atoms with Crippen molar-refractivity contribution >= 4 is 21.9 Å². The summed E-state index contributed by atoms with van der Waals surface area (Å²) in [5, 5.41) is 3.61. The molecule has 0 heterocycles. The topological polar surface area (TPSA) is 38.3 Å². The van der Waals surface area contributed by atoms with E-state index in [2.05, 4.69) is 46.4 Å². The summed E-state index contributed by atoms with van der Waals surface area (Å²) < 4.78 is 6.27. The number of esters is 1. The SMILES string of the molecule is CCOC(=O)C1CCC(NCc2ccc(C)cc2Br)CC1. The van der Waals surface area contributed by atoms with Crippen molar-refractivity contribution in [2.45, 2.75) is 52.1 Å². The summed E-state index contributed by atoms with van der Waals surface area (Å²) in [6, 6.07) is 6.95. The maximum Gasteiger partial charge on any atom is 0.308 e. The van der Waals surface area contributed by atoms with Crippen molar-refractivity contribution in [2.75, 3.05) is 6.61 Å². The molecule has 4 heteroatoms. The minimum absolute atomic E-state index is 0.0165. The number of ether oxygens (including phenoxy) is 1. The molecule has 1 saturated carbocycles. The molecule has 0 amide bonds. The van der Waals surface area contributed by atoms with Gasteiger partial charge in [-0.25, -0.2) is 0 Å². The molecule has 0 aliphatic heterocycles. The van der Waals surface area contributed by atoms with Crippen molar-refractivity contribution in [3.63, 3.8) is 0 Å². The maximum atomic E-state index is 11.7. The molecule has 3 nitrogen and oxygen atoms in total. The number of hydrogen-bond donors (Lipinski definition) is 1. The average molecular weight is 354 g/mol. The lowest BCUT2D eigenvalue weighted by atomic mass is 9.86. The van der Waals surface area contributed by atoms with Gasteiger partial charge in [0.05, 0.1) is 12.5 Å². The summed E-state index contributed by atoms with van der Waals surface area (Å²) in [4.78, 5) is 11.7. The van der Waals surface area contributed by atoms with E-state index >= 15 is 0 Å². The third-order valence-electron chi connectivity index (χ3n) is 4.14. The van der Waals surface area contributed by atoms with Crippen LogP contribution in [0.5, 0.6) is 0 Å². The van der Waals surface area contributed by atoms with Crippen LogP contribution >= 0.6 is 15.9 Å². The predicted molar refractivity (Wildman–Crippen MR) is 88.1 cm³/mol. The Morgan fingerprint density at radius 3 is 2.67 bits per heavy atom. The first-order valence-electron chi connectivity index (χ1n) is 7.75. The van der Waals surface area contributed by atoms with Gasteiger partial charge < -0.3 is 10.1 Å². The normalized spacial score (nSPS) is 22.0. The van der Waals surface area contributed by atoms with E-state index in [0.717, 1.165) is 36.7 Å². The Kier molecular flexibility index (Phi) is 6.24. The molecule has 0 radical (unpaired) electrons. The molecule has 1 aliphatic carbocycles. The number of nitrogens with one attached hydrogen (secondary N) is 1. The van der Waals surface area contributed by atoms with E-state index in [9.17, 15) is 4.79 Å². The third-order valence-corrected chi connectivity index (χ3v) is 4.88. The minimum Gasteiger partial charge on any atom is -0.466 e. The molecule has 1 aromatic rings. The maximum absolute atomic E-state index is 11.7. The Bertz CT molecular complexity index is 482. The van der Waals surface area contributed by atoms with Crippen LogP contribution in [0.3, 0.4) is 0 Å². The van der Waals surface area contributed by atoms with Crippen LogP contribution in [0, 0.1) is 12.8 Å². The highest BCUT2D eigenvalue weighted by Crippen LogP contribution is 2.26. The minimum atomic E-state index is -0.0165. The van der Waals surface area contributed by atoms with Crippen LogP contribution in [0.25, 0.3) is 0 Å². The van der Waals surface area contributed by atoms with Gasteiger partial charge in [-0.05, 0) is 56.7 Å². The molecule has 1 aliphatic rings. The number of aryl methyl sites for hydroxylation is 1. The summed E-state index contributed by atoms with van der Waals surface area (Å²) in [5.74, 6) is 0.0892. The highest BCUT2D eigenvalue weighted by Gasteiger charge is 2.26. The van der Waals surface area contributed by atoms with E-state index in [1.165, 1.54) is 11.1 Å². The fourth-order valence-electron chi connectivity index (χ4n) is 2.84. The standard InChI is InChI=1S/C17H24BrNO2/c1-3-21-17(20)13-6-8-15(9-7-13)19-11-14-5-4-12(2)10-16(14)18/h4-5,10,13,15,19H,3,6-9,11H2,1-2H3. The monoisotopic (exact) mass is 353 g/mol. The summed E-state index contributed by atoms with van der Waals surface area (Å²) in [6.07, 6.45) is 3.97. The van der Waals surface area contributed by atoms with Gasteiger partial charge in [0.25, 0.3) is 0 Å². The van der Waals surface area contributed by atoms with Crippen LogP contribution in [-0.2, 0) is 16.1 Å². The number of hydrogen-bond acceptors (Lipinski definition) is 3. The summed E-state index contributed by atoms with van der Waals surface area (Å²) >= 11 is 3.62. The largest absolute Gasteiger partial charge is 0.466 e. The van der Waals surface area contributed by atoms with E-state index in [4.69, 9.17) is 4.74 Å². The number of carbonyl (C=O) groups is 1. The van der Waals surface area contributed by atoms with E-state index < -0.39 is 0 Å². The van der Waals surface area contributed by atoms with Crippen LogP contribution in [-0.4, -0.2) is 18.6 Å². The number of benzene rings is 1. The fraction of sp³-hybridized carbons (Fsp3) is 0.588. The quantitative estimate of drug-likeness (QED) is 0.814. The molecule has 1 fully saturated rings. The van der Waals surface area contributed by atoms with E-state index in [-0.39, 0.29) is 11.9 Å². The Morgan fingerprint density at radius 2 is 2.05 bits per heavy atom. The van der Waals surface area contributed by atoms with Gasteiger partial charge in [0, 0.05) is 17.1 Å². The summed E-state index contributed by atoms with van der Waals surface area (Å²) in [5.41, 5.74) is 2.55. The van der Waals surface area contributed by atoms with Crippen LogP contribution in [0.15, 0.2) is 22.7 Å². The van der Waals surface area contributed by atoms with Gasteiger partial charge >= 0.3 is 5.97 Å². The molecule has 1 aromatic carbocycles. The second kappa shape index (κ2) is 7.95. The first-order valence-corrected chi connectivity index (χ1v) is 8.54. The molecular weight excluding hydrogens is 330 g/mol. The molecule has 0 bridgehead atoms. The van der Waals surface area contributed by atoms with Crippen molar-refractivity contribution in [3.05, 3.63) is 33.8 Å². The molecule has 116 valence electrons. The Balaban J connectivity index is 1.77. The molecule has 2 rings (SSSR count). The molecule has 0 atom stereocenters. The van der Waals surface area contributed by atoms with E-state index in [0.29, 0.717) is 12.6 Å². The van der Waals surface area contributed by atoms with E-state index in [1.54, 1.807) is 0 Å². The van der Waals surface area contributed by atoms with Crippen LogP contribution in [0.2, 0.25) is 0 Å². The molecule has 0 unspecified atom stereocenters. The predicted octanol–water partition coefficient (Wildman–Crippen LogP) is 3.97. The van der Waals surface area contributed by atoms with Gasteiger partial charge in [0.2, 0.25) is 0 Å². The number of rotatable bonds is 5. The second-order valence-corrected chi connectivity index (χ2v) is 6.63. The van der Waals surface area contributed by atoms with Crippen molar-refractivity contribution in [1.82, 2.24) is 5.32 Å². The van der Waals surface area contributed by atoms with Gasteiger partial charge in [-0.2, -0.15) is 0 Å².